The second-order valence-electron chi connectivity index (χ2n) is 10.4. The highest BCUT2D eigenvalue weighted by atomic mass is 16.3. The Morgan fingerprint density at radius 3 is 2.00 bits per heavy atom. The lowest BCUT2D eigenvalue weighted by molar-refractivity contribution is 0.663. The van der Waals surface area contributed by atoms with Crippen LogP contribution in [0.3, 0.4) is 0 Å². The maximum Gasteiger partial charge on any atom is 0.147 e. The van der Waals surface area contributed by atoms with Crippen molar-refractivity contribution in [2.75, 3.05) is 0 Å². The molecule has 41 heavy (non-hydrogen) atoms. The summed E-state index contributed by atoms with van der Waals surface area (Å²) < 4.78 is 15.0. The molecule has 0 amide bonds. The van der Waals surface area contributed by atoms with Crippen molar-refractivity contribution >= 4 is 65.7 Å². The van der Waals surface area contributed by atoms with Gasteiger partial charge in [0.05, 0.1) is 33.7 Å². The molecule has 0 saturated heterocycles. The largest absolute Gasteiger partial charge is 0.456 e. The van der Waals surface area contributed by atoms with Gasteiger partial charge in [0.15, 0.2) is 0 Å². The van der Waals surface area contributed by atoms with E-state index in [4.69, 9.17) is 8.83 Å². The lowest BCUT2D eigenvalue weighted by Crippen LogP contribution is -1.98. The molecule has 0 atom stereocenters. The quantitative estimate of drug-likeness (QED) is 0.226. The smallest absolute Gasteiger partial charge is 0.147 e. The molecule has 3 aromatic heterocycles. The Labute approximate surface area is 233 Å². The van der Waals surface area contributed by atoms with E-state index in [1.165, 1.54) is 10.8 Å². The number of nitrogens with zero attached hydrogens (tertiary/aromatic N) is 2. The van der Waals surface area contributed by atoms with Gasteiger partial charge in [0.1, 0.15) is 22.3 Å². The van der Waals surface area contributed by atoms with Gasteiger partial charge in [-0.2, -0.15) is 5.26 Å². The number of hydrogen-bond acceptors (Lipinski definition) is 3. The van der Waals surface area contributed by atoms with Crippen molar-refractivity contribution in [3.63, 3.8) is 0 Å². The van der Waals surface area contributed by atoms with Gasteiger partial charge in [-0.1, -0.05) is 66.7 Å². The van der Waals surface area contributed by atoms with Crippen LogP contribution in [0.5, 0.6) is 0 Å². The summed E-state index contributed by atoms with van der Waals surface area (Å²) in [6, 6.07) is 43.7. The molecule has 0 aliphatic carbocycles. The fourth-order valence-corrected chi connectivity index (χ4v) is 6.42. The minimum atomic E-state index is 0.615. The molecule has 0 unspecified atom stereocenters. The third-order valence-corrected chi connectivity index (χ3v) is 8.24. The first-order chi connectivity index (χ1) is 20.3. The van der Waals surface area contributed by atoms with Gasteiger partial charge in [0, 0.05) is 32.5 Å². The molecule has 0 aliphatic rings. The van der Waals surface area contributed by atoms with E-state index in [0.717, 1.165) is 71.7 Å². The molecule has 9 aromatic rings. The van der Waals surface area contributed by atoms with Gasteiger partial charge in [0.2, 0.25) is 0 Å². The Bertz CT molecular complexity index is 2500. The highest BCUT2D eigenvalue weighted by Gasteiger charge is 2.19. The lowest BCUT2D eigenvalue weighted by Gasteiger charge is -2.15. The van der Waals surface area contributed by atoms with E-state index in [0.29, 0.717) is 5.56 Å². The van der Waals surface area contributed by atoms with Crippen molar-refractivity contribution in [3.8, 4) is 22.9 Å². The molecule has 0 bridgehead atoms. The number of rotatable bonds is 2. The van der Waals surface area contributed by atoms with Crippen LogP contribution in [0.2, 0.25) is 0 Å². The number of aromatic nitrogens is 1. The van der Waals surface area contributed by atoms with Crippen LogP contribution >= 0.6 is 0 Å². The Morgan fingerprint density at radius 2 is 1.22 bits per heavy atom. The minimum Gasteiger partial charge on any atom is -0.456 e. The summed E-state index contributed by atoms with van der Waals surface area (Å²) in [5.74, 6) is 0. The molecule has 4 heteroatoms. The fourth-order valence-electron chi connectivity index (χ4n) is 6.42. The number of nitriles is 1. The zero-order valence-electron chi connectivity index (χ0n) is 21.8. The van der Waals surface area contributed by atoms with Gasteiger partial charge in [-0.3, -0.25) is 0 Å². The van der Waals surface area contributed by atoms with Crippen molar-refractivity contribution < 1.29 is 8.83 Å². The number of hydrogen-bond donors (Lipinski definition) is 0. The molecule has 0 N–H and O–H groups in total. The van der Waals surface area contributed by atoms with Gasteiger partial charge >= 0.3 is 0 Å². The highest BCUT2D eigenvalue weighted by Crippen LogP contribution is 2.42. The predicted molar refractivity (Wildman–Crippen MR) is 165 cm³/mol. The normalized spacial score (nSPS) is 11.9. The van der Waals surface area contributed by atoms with Gasteiger partial charge in [-0.05, 0) is 60.2 Å². The number of para-hydroxylation sites is 3. The molecular weight excluding hydrogens is 504 g/mol. The summed E-state index contributed by atoms with van der Waals surface area (Å²) >= 11 is 0. The van der Waals surface area contributed by atoms with E-state index in [2.05, 4.69) is 89.5 Å². The van der Waals surface area contributed by atoms with Gasteiger partial charge in [-0.15, -0.1) is 0 Å². The van der Waals surface area contributed by atoms with E-state index in [1.807, 2.05) is 42.5 Å². The summed E-state index contributed by atoms with van der Waals surface area (Å²) in [5.41, 5.74) is 9.15. The Balaban J connectivity index is 1.36. The SMILES string of the molecule is N#Cc1ccc(-c2ccc3oc4ccc5c6ccccc6oc5c4c3c2)c(-n2c3ccccc3c3ccccc32)c1. The molecule has 0 fully saturated rings. The first-order valence-electron chi connectivity index (χ1n) is 13.6. The summed E-state index contributed by atoms with van der Waals surface area (Å²) in [6.45, 7) is 0. The summed E-state index contributed by atoms with van der Waals surface area (Å²) in [6.07, 6.45) is 0. The van der Waals surface area contributed by atoms with E-state index >= 15 is 0 Å². The lowest BCUT2D eigenvalue weighted by atomic mass is 9.99. The van der Waals surface area contributed by atoms with Crippen molar-refractivity contribution in [1.29, 1.82) is 5.26 Å². The van der Waals surface area contributed by atoms with E-state index in [-0.39, 0.29) is 0 Å². The number of fused-ring (bicyclic) bond motifs is 10. The second kappa shape index (κ2) is 8.11. The molecule has 6 aromatic carbocycles. The topological polar surface area (TPSA) is 55.0 Å². The first-order valence-corrected chi connectivity index (χ1v) is 13.6. The van der Waals surface area contributed by atoms with Crippen LogP contribution in [-0.2, 0) is 0 Å². The molecule has 0 aliphatic heterocycles. The average Bonchev–Trinajstić information content (AvgIpc) is 3.69. The monoisotopic (exact) mass is 524 g/mol. The standard InChI is InChI=1S/C37H20N2O2/c38-21-22-13-15-24(32(19-22)39-30-10-4-1-7-25(30)26-8-2-5-11-31(26)39)23-14-17-34-29(20-23)36-35(40-34)18-16-28-27-9-3-6-12-33(27)41-37(28)36/h1-20H. The van der Waals surface area contributed by atoms with Crippen LogP contribution < -0.4 is 0 Å². The molecule has 0 spiro atoms. The molecule has 0 radical (unpaired) electrons. The molecule has 4 nitrogen and oxygen atoms in total. The third-order valence-electron chi connectivity index (χ3n) is 8.24. The average molecular weight is 525 g/mol. The van der Waals surface area contributed by atoms with E-state index in [1.54, 1.807) is 0 Å². The van der Waals surface area contributed by atoms with Crippen LogP contribution in [0.15, 0.2) is 130 Å². The zero-order valence-corrected chi connectivity index (χ0v) is 21.8. The van der Waals surface area contributed by atoms with Crippen LogP contribution in [-0.4, -0.2) is 4.57 Å². The Hall–Kier alpha value is -5.79. The van der Waals surface area contributed by atoms with Gasteiger partial charge in [-0.25, -0.2) is 0 Å². The highest BCUT2D eigenvalue weighted by molar-refractivity contribution is 6.22. The first kappa shape index (κ1) is 22.1. The van der Waals surface area contributed by atoms with E-state index < -0.39 is 0 Å². The maximum absolute atomic E-state index is 9.86. The van der Waals surface area contributed by atoms with Crippen LogP contribution in [0.25, 0.3) is 82.5 Å². The van der Waals surface area contributed by atoms with Gasteiger partial charge in [0.25, 0.3) is 0 Å². The predicted octanol–water partition coefficient (Wildman–Crippen LogP) is 10.1. The van der Waals surface area contributed by atoms with E-state index in [9.17, 15) is 5.26 Å². The third kappa shape index (κ3) is 3.03. The molecule has 9 rings (SSSR count). The minimum absolute atomic E-state index is 0.615. The number of benzene rings is 6. The van der Waals surface area contributed by atoms with Crippen LogP contribution in [0.4, 0.5) is 0 Å². The summed E-state index contributed by atoms with van der Waals surface area (Å²) in [5, 5.41) is 16.4. The van der Waals surface area contributed by atoms with Crippen molar-refractivity contribution in [2.24, 2.45) is 0 Å². The Kier molecular flexibility index (Phi) is 4.37. The molecular formula is C37H20N2O2. The van der Waals surface area contributed by atoms with Crippen LogP contribution in [0, 0.1) is 11.3 Å². The fraction of sp³-hybridized carbons (Fsp3) is 0. The summed E-state index contributed by atoms with van der Waals surface area (Å²) in [7, 11) is 0. The van der Waals surface area contributed by atoms with Crippen LogP contribution in [0.1, 0.15) is 5.56 Å². The summed E-state index contributed by atoms with van der Waals surface area (Å²) in [4.78, 5) is 0. The maximum atomic E-state index is 9.86. The molecule has 3 heterocycles. The van der Waals surface area contributed by atoms with Crippen molar-refractivity contribution in [3.05, 3.63) is 127 Å². The van der Waals surface area contributed by atoms with Crippen molar-refractivity contribution in [2.45, 2.75) is 0 Å². The second-order valence-corrected chi connectivity index (χ2v) is 10.4. The van der Waals surface area contributed by atoms with Gasteiger partial charge < -0.3 is 13.4 Å². The molecule has 190 valence electrons. The zero-order chi connectivity index (χ0) is 27.1. The molecule has 0 saturated carbocycles. The Morgan fingerprint density at radius 1 is 0.537 bits per heavy atom. The number of furan rings is 2. The van der Waals surface area contributed by atoms with Crippen molar-refractivity contribution in [1.82, 2.24) is 4.57 Å².